The highest BCUT2D eigenvalue weighted by molar-refractivity contribution is 9.11. The van der Waals surface area contributed by atoms with E-state index in [0.717, 1.165) is 21.0 Å². The molecule has 7 heteroatoms. The molecular formula is C11H11Br2N3OS. The largest absolute Gasteiger partial charge is 0.362 e. The van der Waals surface area contributed by atoms with Gasteiger partial charge in [-0.2, -0.15) is 0 Å². The number of rotatable bonds is 4. The summed E-state index contributed by atoms with van der Waals surface area (Å²) in [5.41, 5.74) is -0.0448. The molecule has 2 aromatic heterocycles. The predicted octanol–water partition coefficient (Wildman–Crippen LogP) is 3.31. The Kier molecular flexibility index (Phi) is 4.58. The number of nitrogens with one attached hydrogen (secondary N) is 1. The highest BCUT2D eigenvalue weighted by Crippen LogP contribution is 2.19. The first kappa shape index (κ1) is 13.8. The van der Waals surface area contributed by atoms with E-state index in [1.165, 1.54) is 0 Å². The van der Waals surface area contributed by atoms with E-state index in [4.69, 9.17) is 0 Å². The Hall–Kier alpha value is -0.660. The summed E-state index contributed by atoms with van der Waals surface area (Å²) in [6.45, 7) is 3.40. The topological polar surface area (TPSA) is 46.9 Å². The monoisotopic (exact) mass is 391 g/mol. The third-order valence-corrected chi connectivity index (χ3v) is 4.16. The molecule has 0 aromatic carbocycles. The fraction of sp³-hybridized carbons (Fsp3) is 0.273. The van der Waals surface area contributed by atoms with Crippen molar-refractivity contribution in [3.05, 3.63) is 42.6 Å². The van der Waals surface area contributed by atoms with E-state index in [9.17, 15) is 4.79 Å². The van der Waals surface area contributed by atoms with Crippen LogP contribution in [0.25, 0.3) is 0 Å². The lowest BCUT2D eigenvalue weighted by Gasteiger charge is -2.04. The van der Waals surface area contributed by atoms with Gasteiger partial charge in [-0.1, -0.05) is 0 Å². The summed E-state index contributed by atoms with van der Waals surface area (Å²) in [7, 11) is 0. The second kappa shape index (κ2) is 5.99. The zero-order valence-corrected chi connectivity index (χ0v) is 13.6. The number of hydrogen-bond donors (Lipinski definition) is 1. The molecule has 0 atom stereocenters. The van der Waals surface area contributed by atoms with E-state index >= 15 is 0 Å². The minimum Gasteiger partial charge on any atom is -0.362 e. The maximum atomic E-state index is 11.9. The van der Waals surface area contributed by atoms with Gasteiger partial charge in [-0.05, 0) is 44.8 Å². The summed E-state index contributed by atoms with van der Waals surface area (Å²) in [4.78, 5) is 17.2. The lowest BCUT2D eigenvalue weighted by atomic mass is 10.4. The molecule has 0 amide bonds. The first-order chi connectivity index (χ1) is 8.60. The lowest BCUT2D eigenvalue weighted by molar-refractivity contribution is 0.760. The van der Waals surface area contributed by atoms with Crippen LogP contribution in [0.5, 0.6) is 0 Å². The number of hydrogen-bond acceptors (Lipinski definition) is 4. The molecule has 2 rings (SSSR count). The molecule has 0 aliphatic rings. The van der Waals surface area contributed by atoms with Crippen molar-refractivity contribution in [2.45, 2.75) is 13.5 Å². The van der Waals surface area contributed by atoms with E-state index in [-0.39, 0.29) is 5.56 Å². The molecule has 0 radical (unpaired) electrons. The second-order valence-electron chi connectivity index (χ2n) is 3.60. The Morgan fingerprint density at radius 2 is 2.28 bits per heavy atom. The molecule has 0 saturated heterocycles. The third kappa shape index (κ3) is 3.21. The van der Waals surface area contributed by atoms with Gasteiger partial charge in [-0.3, -0.25) is 4.79 Å². The Balaban J connectivity index is 2.25. The van der Waals surface area contributed by atoms with Crippen LogP contribution in [0.2, 0.25) is 0 Å². The van der Waals surface area contributed by atoms with Crippen molar-refractivity contribution in [2.75, 3.05) is 11.9 Å². The summed E-state index contributed by atoms with van der Waals surface area (Å²) in [5.74, 6) is 0. The van der Waals surface area contributed by atoms with Crippen LogP contribution in [0, 0.1) is 0 Å². The molecular weight excluding hydrogens is 382 g/mol. The standard InChI is InChI=1S/C11H11Br2N3OS/c1-2-14-11-15-4-8(18-11)6-16-5-7(12)3-9(13)10(16)17/h3-5H,2,6H2,1H3,(H,14,15). The molecule has 18 heavy (non-hydrogen) atoms. The number of aromatic nitrogens is 2. The zero-order valence-electron chi connectivity index (χ0n) is 9.61. The minimum absolute atomic E-state index is 0.0448. The average Bonchev–Trinajstić information content (AvgIpc) is 2.73. The highest BCUT2D eigenvalue weighted by Gasteiger charge is 2.06. The first-order valence-corrected chi connectivity index (χ1v) is 7.74. The van der Waals surface area contributed by atoms with E-state index in [2.05, 4.69) is 42.2 Å². The van der Waals surface area contributed by atoms with Gasteiger partial charge in [0, 0.05) is 28.3 Å². The quantitative estimate of drug-likeness (QED) is 0.868. The third-order valence-electron chi connectivity index (χ3n) is 2.22. The summed E-state index contributed by atoms with van der Waals surface area (Å²) in [6, 6.07) is 1.75. The summed E-state index contributed by atoms with van der Waals surface area (Å²) in [5, 5.41) is 4.04. The number of halogens is 2. The van der Waals surface area contributed by atoms with E-state index in [1.54, 1.807) is 34.4 Å². The second-order valence-corrected chi connectivity index (χ2v) is 6.49. The molecule has 0 aliphatic carbocycles. The average molecular weight is 393 g/mol. The van der Waals surface area contributed by atoms with Crippen molar-refractivity contribution in [1.82, 2.24) is 9.55 Å². The zero-order chi connectivity index (χ0) is 13.1. The molecule has 0 spiro atoms. The van der Waals surface area contributed by atoms with E-state index in [0.29, 0.717) is 11.0 Å². The van der Waals surface area contributed by atoms with Crippen LogP contribution in [-0.2, 0) is 6.54 Å². The first-order valence-electron chi connectivity index (χ1n) is 5.34. The van der Waals surface area contributed by atoms with E-state index < -0.39 is 0 Å². The maximum Gasteiger partial charge on any atom is 0.265 e. The van der Waals surface area contributed by atoms with Crippen LogP contribution in [-0.4, -0.2) is 16.1 Å². The Labute approximate surface area is 125 Å². The van der Waals surface area contributed by atoms with Gasteiger partial charge in [0.05, 0.1) is 11.0 Å². The molecule has 4 nitrogen and oxygen atoms in total. The summed E-state index contributed by atoms with van der Waals surface area (Å²) in [6.07, 6.45) is 3.57. The number of nitrogens with zero attached hydrogens (tertiary/aromatic N) is 2. The molecule has 96 valence electrons. The van der Waals surface area contributed by atoms with Gasteiger partial charge >= 0.3 is 0 Å². The molecule has 2 aromatic rings. The van der Waals surface area contributed by atoms with Crippen molar-refractivity contribution in [2.24, 2.45) is 0 Å². The number of thiazole rings is 1. The maximum absolute atomic E-state index is 11.9. The molecule has 0 fully saturated rings. The van der Waals surface area contributed by atoms with Crippen LogP contribution < -0.4 is 10.9 Å². The molecule has 2 heterocycles. The Bertz CT molecular complexity index is 609. The fourth-order valence-electron chi connectivity index (χ4n) is 1.46. The normalized spacial score (nSPS) is 10.6. The van der Waals surface area contributed by atoms with E-state index in [1.807, 2.05) is 6.92 Å². The van der Waals surface area contributed by atoms with Crippen molar-refractivity contribution < 1.29 is 0 Å². The van der Waals surface area contributed by atoms with Crippen LogP contribution >= 0.6 is 43.2 Å². The van der Waals surface area contributed by atoms with Crippen molar-refractivity contribution in [1.29, 1.82) is 0 Å². The van der Waals surface area contributed by atoms with Crippen LogP contribution in [0.3, 0.4) is 0 Å². The van der Waals surface area contributed by atoms with Gasteiger partial charge in [-0.25, -0.2) is 4.98 Å². The molecule has 0 unspecified atom stereocenters. The van der Waals surface area contributed by atoms with Gasteiger partial charge < -0.3 is 9.88 Å². The van der Waals surface area contributed by atoms with Crippen LogP contribution in [0.1, 0.15) is 11.8 Å². The summed E-state index contributed by atoms with van der Waals surface area (Å²) < 4.78 is 3.07. The Morgan fingerprint density at radius 3 is 3.00 bits per heavy atom. The van der Waals surface area contributed by atoms with Crippen LogP contribution in [0.15, 0.2) is 32.2 Å². The van der Waals surface area contributed by atoms with Crippen molar-refractivity contribution in [3.63, 3.8) is 0 Å². The smallest absolute Gasteiger partial charge is 0.265 e. The van der Waals surface area contributed by atoms with Crippen molar-refractivity contribution >= 4 is 48.3 Å². The van der Waals surface area contributed by atoms with Crippen LogP contribution in [0.4, 0.5) is 5.13 Å². The summed E-state index contributed by atoms with van der Waals surface area (Å²) >= 11 is 8.19. The number of anilines is 1. The van der Waals surface area contributed by atoms with Crippen molar-refractivity contribution in [3.8, 4) is 0 Å². The molecule has 0 bridgehead atoms. The fourth-order valence-corrected chi connectivity index (χ4v) is 3.60. The molecule has 1 N–H and O–H groups in total. The highest BCUT2D eigenvalue weighted by atomic mass is 79.9. The predicted molar refractivity (Wildman–Crippen MR) is 81.5 cm³/mol. The van der Waals surface area contributed by atoms with Gasteiger partial charge in [0.1, 0.15) is 0 Å². The number of pyridine rings is 1. The molecule has 0 aliphatic heterocycles. The Morgan fingerprint density at radius 1 is 1.50 bits per heavy atom. The minimum atomic E-state index is -0.0448. The van der Waals surface area contributed by atoms with Gasteiger partial charge in [0.25, 0.3) is 5.56 Å². The van der Waals surface area contributed by atoms with Gasteiger partial charge in [-0.15, -0.1) is 11.3 Å². The van der Waals surface area contributed by atoms with Gasteiger partial charge in [0.15, 0.2) is 5.13 Å². The lowest BCUT2D eigenvalue weighted by Crippen LogP contribution is -2.20. The SMILES string of the molecule is CCNc1ncc(Cn2cc(Br)cc(Br)c2=O)s1. The van der Waals surface area contributed by atoms with Gasteiger partial charge in [0.2, 0.25) is 0 Å². The molecule has 0 saturated carbocycles.